The van der Waals surface area contributed by atoms with Gasteiger partial charge in [0.2, 0.25) is 11.8 Å². The number of piperidine rings is 1. The van der Waals surface area contributed by atoms with Gasteiger partial charge in [0.1, 0.15) is 34.5 Å². The Hall–Kier alpha value is -5.07. The molecular weight excluding hydrogens is 666 g/mol. The molecule has 1 amide bonds. The number of furan rings is 1. The summed E-state index contributed by atoms with van der Waals surface area (Å²) < 4.78 is 52.4. The number of carboxylic acids is 1. The zero-order chi connectivity index (χ0) is 35.3. The molecule has 0 saturated carbocycles. The maximum atomic E-state index is 14.1. The summed E-state index contributed by atoms with van der Waals surface area (Å²) in [6.07, 6.45) is 0.308. The van der Waals surface area contributed by atoms with Crippen molar-refractivity contribution in [1.29, 1.82) is 0 Å². The number of hydrogen-bond donors (Lipinski definition) is 1. The first kappa shape index (κ1) is 33.1. The third kappa shape index (κ3) is 6.06. The number of halogens is 2. The Morgan fingerprint density at radius 3 is 2.78 bits per heavy atom. The van der Waals surface area contributed by atoms with Crippen molar-refractivity contribution in [2.45, 2.75) is 62.8 Å². The molecule has 266 valence electrons. The summed E-state index contributed by atoms with van der Waals surface area (Å²) in [6.45, 7) is 4.96. The maximum absolute atomic E-state index is 14.1. The molecule has 0 aliphatic carbocycles. The van der Waals surface area contributed by atoms with Gasteiger partial charge in [-0.3, -0.25) is 4.79 Å². The Morgan fingerprint density at radius 1 is 1.18 bits per heavy atom. The van der Waals surface area contributed by atoms with Crippen molar-refractivity contribution < 1.29 is 42.1 Å². The number of rotatable bonds is 7. The number of anilines is 2. The van der Waals surface area contributed by atoms with Crippen LogP contribution < -0.4 is 14.5 Å². The monoisotopic (exact) mass is 702 g/mol. The van der Waals surface area contributed by atoms with Crippen LogP contribution in [0.1, 0.15) is 50.4 Å². The van der Waals surface area contributed by atoms with E-state index in [0.717, 1.165) is 12.8 Å². The van der Waals surface area contributed by atoms with E-state index >= 15 is 0 Å². The van der Waals surface area contributed by atoms with E-state index in [9.17, 15) is 23.5 Å². The predicted octanol–water partition coefficient (Wildman–Crippen LogP) is 4.18. The van der Waals surface area contributed by atoms with Crippen molar-refractivity contribution >= 4 is 45.5 Å². The average molecular weight is 703 g/mol. The highest BCUT2D eigenvalue weighted by molar-refractivity contribution is 6.06. The van der Waals surface area contributed by atoms with Gasteiger partial charge in [-0.25, -0.2) is 28.5 Å². The van der Waals surface area contributed by atoms with Crippen LogP contribution in [0, 0.1) is 11.8 Å². The molecule has 4 aromatic rings. The van der Waals surface area contributed by atoms with Gasteiger partial charge in [0, 0.05) is 43.1 Å². The number of carbonyl (C=O) groups is 2. The second kappa shape index (κ2) is 13.2. The topological polar surface area (TPSA) is 144 Å². The largest absolute Gasteiger partial charge is 0.480 e. The van der Waals surface area contributed by atoms with Crippen LogP contribution in [0.2, 0.25) is 0 Å². The van der Waals surface area contributed by atoms with Crippen molar-refractivity contribution in [3.63, 3.8) is 0 Å². The Morgan fingerprint density at radius 2 is 2.02 bits per heavy atom. The normalized spacial score (nSPS) is 23.2. The fraction of sp³-hybridized carbons (Fsp3) is 0.472. The van der Waals surface area contributed by atoms with Crippen LogP contribution in [0.15, 0.2) is 40.9 Å². The molecule has 1 N–H and O–H groups in total. The van der Waals surface area contributed by atoms with E-state index in [1.165, 1.54) is 4.90 Å². The molecule has 4 aliphatic rings. The molecule has 0 unspecified atom stereocenters. The highest BCUT2D eigenvalue weighted by atomic mass is 19.3. The molecule has 3 atom stereocenters. The zero-order valence-electron chi connectivity index (χ0n) is 27.9. The maximum Gasteiger partial charge on any atom is 0.326 e. The van der Waals surface area contributed by atoms with Crippen LogP contribution >= 0.6 is 0 Å². The van der Waals surface area contributed by atoms with Crippen LogP contribution in [0.25, 0.3) is 22.1 Å². The van der Waals surface area contributed by atoms with E-state index < -0.39 is 36.0 Å². The van der Waals surface area contributed by atoms with Crippen molar-refractivity contribution in [2.75, 3.05) is 55.8 Å². The number of alkyl halides is 2. The number of amides is 1. The quantitative estimate of drug-likeness (QED) is 0.276. The molecule has 4 saturated heterocycles. The molecule has 7 heterocycles. The summed E-state index contributed by atoms with van der Waals surface area (Å²) in [4.78, 5) is 43.2. The van der Waals surface area contributed by atoms with E-state index in [4.69, 9.17) is 18.6 Å². The minimum Gasteiger partial charge on any atom is -0.480 e. The fourth-order valence-corrected chi connectivity index (χ4v) is 7.37. The van der Waals surface area contributed by atoms with Crippen LogP contribution in [0.3, 0.4) is 0 Å². The molecule has 15 heteroatoms. The number of aliphatic carboxylic acids is 1. The number of nitrogens with zero attached hydrogens (tertiary/aromatic N) is 6. The number of carbonyl (C=O) groups excluding carboxylic acids is 1. The number of morpholine rings is 1. The highest BCUT2D eigenvalue weighted by Crippen LogP contribution is 2.41. The Balaban J connectivity index is 1.12. The molecular formula is C36H36F2N6O7. The standard InChI is InChI=1S/C36H36F2N6O7/c1-21-36(19-48-20-36)49-14-13-43(21)25-15-22(7-6-12-42-11-5-4-10-28(42)45)17-39-34(25)50-23-16-26(35(46)47)44(18-23)33-30-29(40-32(41-33)31(37)38)24-8-2-3-9-27(24)51-30/h2-3,8-9,15,17,21,23,26,31H,4-5,10-14,16,18-20H2,1H3,(H,46,47)/t21-,23-,26-/m0/s1. The minimum atomic E-state index is -2.99. The first-order chi connectivity index (χ1) is 24.7. The van der Waals surface area contributed by atoms with Gasteiger partial charge in [0.05, 0.1) is 39.0 Å². The number of pyridine rings is 1. The number of fused-ring (bicyclic) bond motifs is 3. The van der Waals surface area contributed by atoms with Gasteiger partial charge in [-0.15, -0.1) is 0 Å². The summed E-state index contributed by atoms with van der Waals surface area (Å²) in [5.41, 5.74) is 1.52. The Kier molecular flexibility index (Phi) is 8.59. The lowest BCUT2D eigenvalue weighted by molar-refractivity contribution is -0.228. The van der Waals surface area contributed by atoms with E-state index in [1.807, 2.05) is 6.07 Å². The van der Waals surface area contributed by atoms with Crippen molar-refractivity contribution in [2.24, 2.45) is 0 Å². The summed E-state index contributed by atoms with van der Waals surface area (Å²) in [6, 6.07) is 7.51. The smallest absolute Gasteiger partial charge is 0.326 e. The molecule has 1 aromatic carbocycles. The predicted molar refractivity (Wildman–Crippen MR) is 180 cm³/mol. The highest BCUT2D eigenvalue weighted by Gasteiger charge is 2.50. The Labute approximate surface area is 291 Å². The number of likely N-dealkylation sites (tertiary alicyclic amines) is 1. The Bertz CT molecular complexity index is 2060. The summed E-state index contributed by atoms with van der Waals surface area (Å²) in [5.74, 6) is 4.72. The van der Waals surface area contributed by atoms with Gasteiger partial charge in [0.15, 0.2) is 17.2 Å². The summed E-state index contributed by atoms with van der Waals surface area (Å²) in [5, 5.41) is 10.8. The third-order valence-corrected chi connectivity index (χ3v) is 10.2. The lowest BCUT2D eigenvalue weighted by Gasteiger charge is -2.53. The molecule has 1 spiro atoms. The number of para-hydroxylation sites is 1. The van der Waals surface area contributed by atoms with Gasteiger partial charge >= 0.3 is 5.97 Å². The van der Waals surface area contributed by atoms with Crippen molar-refractivity contribution in [3.8, 4) is 17.7 Å². The van der Waals surface area contributed by atoms with Gasteiger partial charge in [-0.1, -0.05) is 24.0 Å². The molecule has 51 heavy (non-hydrogen) atoms. The number of benzene rings is 1. The van der Waals surface area contributed by atoms with E-state index in [0.29, 0.717) is 68.1 Å². The van der Waals surface area contributed by atoms with E-state index in [-0.39, 0.29) is 47.7 Å². The van der Waals surface area contributed by atoms with Crippen LogP contribution in [-0.2, 0) is 19.1 Å². The summed E-state index contributed by atoms with van der Waals surface area (Å²) in [7, 11) is 0. The number of hydrogen-bond acceptors (Lipinski definition) is 11. The molecule has 0 radical (unpaired) electrons. The number of aromatic nitrogens is 3. The van der Waals surface area contributed by atoms with Crippen LogP contribution in [0.5, 0.6) is 5.88 Å². The minimum absolute atomic E-state index is 0.00574. The average Bonchev–Trinajstić information content (AvgIpc) is 3.71. The fourth-order valence-electron chi connectivity index (χ4n) is 7.37. The third-order valence-electron chi connectivity index (χ3n) is 10.2. The van der Waals surface area contributed by atoms with Gasteiger partial charge in [0.25, 0.3) is 6.43 Å². The van der Waals surface area contributed by atoms with E-state index in [2.05, 4.69) is 38.6 Å². The molecule has 3 aromatic heterocycles. The van der Waals surface area contributed by atoms with Gasteiger partial charge < -0.3 is 38.4 Å². The summed E-state index contributed by atoms with van der Waals surface area (Å²) >= 11 is 0. The van der Waals surface area contributed by atoms with Gasteiger partial charge in [-0.05, 0) is 38.0 Å². The molecule has 4 fully saturated rings. The zero-order valence-corrected chi connectivity index (χ0v) is 27.9. The second-order valence-electron chi connectivity index (χ2n) is 13.4. The first-order valence-electron chi connectivity index (χ1n) is 17.1. The molecule has 8 rings (SSSR count). The molecule has 4 aliphatic heterocycles. The number of ether oxygens (including phenoxy) is 3. The lowest BCUT2D eigenvalue weighted by Crippen LogP contribution is -2.68. The molecule has 13 nitrogen and oxygen atoms in total. The van der Waals surface area contributed by atoms with Crippen LogP contribution in [-0.4, -0.2) is 107 Å². The lowest BCUT2D eigenvalue weighted by atomic mass is 9.90. The first-order valence-corrected chi connectivity index (χ1v) is 17.1. The van der Waals surface area contributed by atoms with E-state index in [1.54, 1.807) is 35.4 Å². The van der Waals surface area contributed by atoms with Crippen molar-refractivity contribution in [3.05, 3.63) is 47.9 Å². The van der Waals surface area contributed by atoms with Gasteiger partial charge in [-0.2, -0.15) is 0 Å². The number of carboxylic acid groups (broad SMARTS) is 1. The SMILES string of the molecule is C[C@@H]1N(c2cc(C#CCN3CCCCC3=O)cnc2O[C@H]2C[C@@H](C(=O)O)N(c3nc(C(F)F)nc4c3oc3ccccc34)C2)CCOC12COC2. The van der Waals surface area contributed by atoms with Crippen LogP contribution in [0.4, 0.5) is 20.3 Å². The second-order valence-corrected chi connectivity index (χ2v) is 13.4. The molecule has 0 bridgehead atoms. The van der Waals surface area contributed by atoms with Crippen molar-refractivity contribution in [1.82, 2.24) is 19.9 Å².